The monoisotopic (exact) mass is 536 g/mol. The number of fused-ring (bicyclic) bond motifs is 1. The van der Waals surface area contributed by atoms with Crippen LogP contribution >= 0.6 is 0 Å². The number of anilines is 2. The maximum absolute atomic E-state index is 12.8. The van der Waals surface area contributed by atoms with Crippen LogP contribution < -0.4 is 16.0 Å². The smallest absolute Gasteiger partial charge is 0.251 e. The molecule has 39 heavy (non-hydrogen) atoms. The van der Waals surface area contributed by atoms with Gasteiger partial charge < -0.3 is 21.1 Å². The van der Waals surface area contributed by atoms with Crippen molar-refractivity contribution in [1.82, 2.24) is 25.0 Å². The first-order valence-corrected chi connectivity index (χ1v) is 12.9. The Hall–Kier alpha value is -3.89. The number of piperidine rings is 1. The van der Waals surface area contributed by atoms with Crippen LogP contribution in [0.4, 0.5) is 20.3 Å². The molecule has 2 aromatic carbocycles. The molecule has 206 valence electrons. The second-order valence-corrected chi connectivity index (χ2v) is 9.81. The first kappa shape index (κ1) is 28.1. The average Bonchev–Trinajstić information content (AvgIpc) is 3.33. The number of nitrogens with one attached hydrogen (secondary N) is 3. The molecule has 10 heteroatoms. The Bertz CT molecular complexity index is 1410. The zero-order chi connectivity index (χ0) is 28.0. The van der Waals surface area contributed by atoms with Gasteiger partial charge in [0.05, 0.1) is 17.5 Å². The third-order valence-electron chi connectivity index (χ3n) is 6.62. The topological polar surface area (TPSA) is 104 Å². The number of aromatic nitrogens is 3. The Morgan fingerprint density at radius 2 is 1.82 bits per heavy atom. The minimum absolute atomic E-state index is 0.183. The number of aryl methyl sites for hydroxylation is 2. The molecule has 0 radical (unpaired) electrons. The standard InChI is InChI=1S/C27H30N6O2.C2H4F2/c1-18-3-5-20(6-4-18)23-16-30-25-24(29-13-14-33(23)25)32-21-7-8-22(19(2)15-21)26(34)31-17-27(35)9-11-28-12-10-27;1-2(3)4/h3-8,13-16,28,35H,9-12,17H2,1-2H3,(H,29,32)(H,31,34);2H,1H3. The Labute approximate surface area is 226 Å². The number of rotatable bonds is 6. The van der Waals surface area contributed by atoms with Gasteiger partial charge in [-0.25, -0.2) is 18.7 Å². The van der Waals surface area contributed by atoms with Crippen LogP contribution in [-0.2, 0) is 0 Å². The molecule has 0 atom stereocenters. The number of halogens is 2. The van der Waals surface area contributed by atoms with Crippen LogP contribution in [0.25, 0.3) is 16.9 Å². The molecule has 0 saturated carbocycles. The molecular weight excluding hydrogens is 502 g/mol. The molecule has 2 aromatic heterocycles. The molecule has 0 unspecified atom stereocenters. The van der Waals surface area contributed by atoms with E-state index in [1.807, 2.05) is 35.9 Å². The highest BCUT2D eigenvalue weighted by molar-refractivity contribution is 5.96. The van der Waals surface area contributed by atoms with Gasteiger partial charge in [0.1, 0.15) is 0 Å². The molecule has 5 rings (SSSR count). The number of aliphatic hydroxyl groups is 1. The maximum Gasteiger partial charge on any atom is 0.251 e. The summed E-state index contributed by atoms with van der Waals surface area (Å²) in [6, 6.07) is 13.9. The van der Waals surface area contributed by atoms with Gasteiger partial charge in [-0.05, 0) is 70.5 Å². The first-order valence-electron chi connectivity index (χ1n) is 12.9. The second kappa shape index (κ2) is 12.3. The Kier molecular flexibility index (Phi) is 8.88. The fraction of sp³-hybridized carbons (Fsp3) is 0.345. The fourth-order valence-electron chi connectivity index (χ4n) is 4.49. The highest BCUT2D eigenvalue weighted by Gasteiger charge is 2.29. The predicted molar refractivity (Wildman–Crippen MR) is 149 cm³/mol. The number of carbonyl (C=O) groups is 1. The molecule has 0 bridgehead atoms. The van der Waals surface area contributed by atoms with E-state index in [1.165, 1.54) is 5.56 Å². The highest BCUT2D eigenvalue weighted by atomic mass is 19.3. The molecule has 1 aliphatic heterocycles. The third kappa shape index (κ3) is 7.15. The number of benzene rings is 2. The first-order chi connectivity index (χ1) is 18.6. The van der Waals surface area contributed by atoms with E-state index < -0.39 is 12.0 Å². The van der Waals surface area contributed by atoms with Crippen molar-refractivity contribution in [2.75, 3.05) is 25.0 Å². The quantitative estimate of drug-likeness (QED) is 0.280. The van der Waals surface area contributed by atoms with Crippen molar-refractivity contribution >= 4 is 23.1 Å². The lowest BCUT2D eigenvalue weighted by atomic mass is 9.92. The van der Waals surface area contributed by atoms with E-state index in [0.717, 1.165) is 48.2 Å². The van der Waals surface area contributed by atoms with Crippen LogP contribution in [0.15, 0.2) is 61.1 Å². The number of imidazole rings is 1. The number of alkyl halides is 2. The van der Waals surface area contributed by atoms with Crippen molar-refractivity contribution in [3.63, 3.8) is 0 Å². The lowest BCUT2D eigenvalue weighted by Crippen LogP contribution is -2.49. The summed E-state index contributed by atoms with van der Waals surface area (Å²) in [5, 5.41) is 20.1. The van der Waals surface area contributed by atoms with Gasteiger partial charge in [-0.2, -0.15) is 0 Å². The fourth-order valence-corrected chi connectivity index (χ4v) is 4.49. The third-order valence-corrected chi connectivity index (χ3v) is 6.62. The van der Waals surface area contributed by atoms with Crippen LogP contribution in [0.2, 0.25) is 0 Å². The van der Waals surface area contributed by atoms with Crippen molar-refractivity contribution in [3.8, 4) is 11.3 Å². The summed E-state index contributed by atoms with van der Waals surface area (Å²) >= 11 is 0. The number of carbonyl (C=O) groups excluding carboxylic acids is 1. The highest BCUT2D eigenvalue weighted by Crippen LogP contribution is 2.26. The molecule has 1 aliphatic rings. The van der Waals surface area contributed by atoms with Crippen molar-refractivity contribution in [2.24, 2.45) is 0 Å². The van der Waals surface area contributed by atoms with Crippen LogP contribution in [-0.4, -0.2) is 57.0 Å². The van der Waals surface area contributed by atoms with E-state index in [1.54, 1.807) is 12.3 Å². The molecule has 0 aliphatic carbocycles. The molecule has 3 heterocycles. The van der Waals surface area contributed by atoms with Gasteiger partial charge in [0.25, 0.3) is 5.91 Å². The van der Waals surface area contributed by atoms with Gasteiger partial charge in [-0.1, -0.05) is 29.8 Å². The summed E-state index contributed by atoms with van der Waals surface area (Å²) in [6.07, 6.45) is 4.59. The summed E-state index contributed by atoms with van der Waals surface area (Å²) in [7, 11) is 0. The van der Waals surface area contributed by atoms with Gasteiger partial charge in [0.15, 0.2) is 11.5 Å². The van der Waals surface area contributed by atoms with Gasteiger partial charge in [-0.3, -0.25) is 9.20 Å². The normalized spacial score (nSPS) is 14.5. The number of amides is 1. The van der Waals surface area contributed by atoms with Gasteiger partial charge in [0, 0.05) is 35.8 Å². The van der Waals surface area contributed by atoms with E-state index in [9.17, 15) is 18.7 Å². The molecule has 1 saturated heterocycles. The van der Waals surface area contributed by atoms with Crippen LogP contribution in [0.5, 0.6) is 0 Å². The lowest BCUT2D eigenvalue weighted by molar-refractivity contribution is 0.0112. The lowest BCUT2D eigenvalue weighted by Gasteiger charge is -2.32. The average molecular weight is 537 g/mol. The molecule has 8 nitrogen and oxygen atoms in total. The minimum atomic E-state index is -2.17. The van der Waals surface area contributed by atoms with Gasteiger partial charge in [-0.15, -0.1) is 0 Å². The minimum Gasteiger partial charge on any atom is -0.388 e. The van der Waals surface area contributed by atoms with Crippen molar-refractivity contribution in [3.05, 3.63) is 77.7 Å². The molecule has 1 amide bonds. The Balaban J connectivity index is 0.000000826. The van der Waals surface area contributed by atoms with Crippen LogP contribution in [0, 0.1) is 13.8 Å². The summed E-state index contributed by atoms with van der Waals surface area (Å²) in [5.41, 5.74) is 5.39. The molecule has 4 N–H and O–H groups in total. The number of hydrogen-bond donors (Lipinski definition) is 4. The Morgan fingerprint density at radius 1 is 1.13 bits per heavy atom. The summed E-state index contributed by atoms with van der Waals surface area (Å²) in [5.74, 6) is 0.452. The number of hydrogen-bond acceptors (Lipinski definition) is 6. The summed E-state index contributed by atoms with van der Waals surface area (Å²) in [4.78, 5) is 21.9. The van der Waals surface area contributed by atoms with E-state index in [0.29, 0.717) is 24.2 Å². The van der Waals surface area contributed by atoms with Gasteiger partial charge >= 0.3 is 0 Å². The van der Waals surface area contributed by atoms with E-state index in [2.05, 4.69) is 57.1 Å². The van der Waals surface area contributed by atoms with Crippen LogP contribution in [0.3, 0.4) is 0 Å². The predicted octanol–water partition coefficient (Wildman–Crippen LogP) is 4.87. The van der Waals surface area contributed by atoms with E-state index in [4.69, 9.17) is 0 Å². The van der Waals surface area contributed by atoms with Gasteiger partial charge in [0.2, 0.25) is 6.43 Å². The van der Waals surface area contributed by atoms with Crippen molar-refractivity contribution in [1.29, 1.82) is 0 Å². The molecular formula is C29H34F2N6O2. The largest absolute Gasteiger partial charge is 0.388 e. The molecule has 0 spiro atoms. The van der Waals surface area contributed by atoms with E-state index >= 15 is 0 Å². The molecule has 4 aromatic rings. The maximum atomic E-state index is 12.8. The SMILES string of the molecule is CC(F)F.Cc1ccc(-c2cnc3c(Nc4ccc(C(=O)NCC5(O)CCNCC5)c(C)c4)nccn23)cc1. The Morgan fingerprint density at radius 3 is 2.49 bits per heavy atom. The van der Waals surface area contributed by atoms with Crippen molar-refractivity contribution < 1.29 is 18.7 Å². The zero-order valence-corrected chi connectivity index (χ0v) is 22.3. The van der Waals surface area contributed by atoms with Crippen molar-refractivity contribution in [2.45, 2.75) is 45.6 Å². The van der Waals surface area contributed by atoms with E-state index in [-0.39, 0.29) is 12.5 Å². The second-order valence-electron chi connectivity index (χ2n) is 9.81. The molecule has 1 fully saturated rings. The van der Waals surface area contributed by atoms with Crippen LogP contribution in [0.1, 0.15) is 41.3 Å². The number of nitrogens with zero attached hydrogens (tertiary/aromatic N) is 3. The summed E-state index contributed by atoms with van der Waals surface area (Å²) < 4.78 is 22.7. The zero-order valence-electron chi connectivity index (χ0n) is 22.3. The summed E-state index contributed by atoms with van der Waals surface area (Å²) in [6.45, 7) is 6.57.